The van der Waals surface area contributed by atoms with Crippen molar-refractivity contribution in [3.8, 4) is 0 Å². The van der Waals surface area contributed by atoms with E-state index in [1.165, 1.54) is 0 Å². The fourth-order valence-corrected chi connectivity index (χ4v) is 0. The molecule has 0 amide bonds. The van der Waals surface area contributed by atoms with E-state index in [1.54, 1.807) is 0 Å². The highest BCUT2D eigenvalue weighted by atomic mass is 32.5. The van der Waals surface area contributed by atoms with E-state index in [2.05, 4.69) is 0 Å². The highest BCUT2D eigenvalue weighted by Gasteiger charge is 2.57. The number of hydrogen-bond donors (Lipinski definition) is 0. The molecule has 7 heavy (non-hydrogen) atoms. The predicted octanol–water partition coefficient (Wildman–Crippen LogP) is 3.08. The summed E-state index contributed by atoms with van der Waals surface area (Å²) in [6.45, 7) is 0. The van der Waals surface area contributed by atoms with Gasteiger partial charge >= 0.3 is 0 Å². The van der Waals surface area contributed by atoms with Gasteiger partial charge in [0.2, 0.25) is 0 Å². The van der Waals surface area contributed by atoms with E-state index < -0.39 is 10.2 Å². The molecule has 0 aliphatic carbocycles. The van der Waals surface area contributed by atoms with Crippen LogP contribution >= 0.6 is 10.2 Å². The third-order valence-corrected chi connectivity index (χ3v) is 0. The molecule has 0 atom stereocenters. The van der Waals surface area contributed by atoms with Crippen molar-refractivity contribution in [1.82, 2.24) is 0 Å². The predicted molar refractivity (Wildman–Crippen MR) is 18.5 cm³/mol. The molecule has 0 aliphatic heterocycles. The van der Waals surface area contributed by atoms with E-state index >= 15 is 0 Å². The second-order valence-electron chi connectivity index (χ2n) is 1.13. The van der Waals surface area contributed by atoms with Gasteiger partial charge in [0, 0.05) is 0 Å². The quantitative estimate of drug-likeness (QED) is 0.455. The van der Waals surface area contributed by atoms with Crippen molar-refractivity contribution in [2.24, 2.45) is 0 Å². The SMILES string of the molecule is [CH2]S(F)(F)(F)(F)F. The zero-order valence-corrected chi connectivity index (χ0v) is 3.82. The van der Waals surface area contributed by atoms with Crippen molar-refractivity contribution in [2.45, 2.75) is 0 Å². The van der Waals surface area contributed by atoms with Crippen LogP contribution in [0.3, 0.4) is 0 Å². The molecule has 0 N–H and O–H groups in total. The largest absolute Gasteiger partial charge is 0.286 e. The van der Waals surface area contributed by atoms with Crippen LogP contribution < -0.4 is 0 Å². The molecule has 0 rings (SSSR count). The zero-order chi connectivity index (χ0) is 6.41. The van der Waals surface area contributed by atoms with Crippen molar-refractivity contribution in [1.29, 1.82) is 0 Å². The molecule has 0 aliphatic rings. The summed E-state index contributed by atoms with van der Waals surface area (Å²) in [5.74, 6) is 0. The molecule has 0 heterocycles. The maximum absolute atomic E-state index is 10.4. The molecular formula is CH2F5S. The Morgan fingerprint density at radius 2 is 0.857 bits per heavy atom. The fraction of sp³-hybridized carbons (Fsp3) is 0. The highest BCUT2D eigenvalue weighted by Crippen LogP contribution is 2.96. The van der Waals surface area contributed by atoms with Gasteiger partial charge in [0.25, 0.3) is 10.2 Å². The van der Waals surface area contributed by atoms with Crippen LogP contribution in [0, 0.1) is 6.26 Å². The molecule has 0 aromatic heterocycles. The summed E-state index contributed by atoms with van der Waals surface area (Å²) in [6.07, 6.45) is 0.819. The van der Waals surface area contributed by atoms with E-state index in [1.807, 2.05) is 0 Å². The second kappa shape index (κ2) is 0.667. The van der Waals surface area contributed by atoms with Crippen molar-refractivity contribution >= 4 is 10.2 Å². The van der Waals surface area contributed by atoms with Gasteiger partial charge in [0.15, 0.2) is 0 Å². The van der Waals surface area contributed by atoms with E-state index in [4.69, 9.17) is 0 Å². The van der Waals surface area contributed by atoms with E-state index in [0.29, 0.717) is 0 Å². The van der Waals surface area contributed by atoms with Gasteiger partial charge in [0.05, 0.1) is 0 Å². The average Bonchev–Trinajstić information content (AvgIpc) is 0.592. The van der Waals surface area contributed by atoms with E-state index in [9.17, 15) is 19.4 Å². The first-order valence-corrected chi connectivity index (χ1v) is 3.18. The van der Waals surface area contributed by atoms with Gasteiger partial charge in [-0.3, -0.25) is 0 Å². The lowest BCUT2D eigenvalue weighted by Crippen LogP contribution is -1.95. The first-order valence-electron chi connectivity index (χ1n) is 1.06. The highest BCUT2D eigenvalue weighted by molar-refractivity contribution is 8.46. The monoisotopic (exact) mass is 141 g/mol. The Hall–Kier alpha value is -0.0000000000000000555. The van der Waals surface area contributed by atoms with Gasteiger partial charge in [0.1, 0.15) is 6.26 Å². The van der Waals surface area contributed by atoms with Crippen LogP contribution in [0.15, 0.2) is 0 Å². The van der Waals surface area contributed by atoms with Gasteiger partial charge in [-0.15, -0.1) is 0 Å². The van der Waals surface area contributed by atoms with Gasteiger partial charge in [-0.25, -0.2) is 0 Å². The van der Waals surface area contributed by atoms with Crippen molar-refractivity contribution in [2.75, 3.05) is 0 Å². The maximum Gasteiger partial charge on any atom is 0.286 e. The summed E-state index contributed by atoms with van der Waals surface area (Å²) in [7, 11) is -9.22. The molecule has 6 heteroatoms. The van der Waals surface area contributed by atoms with Crippen LogP contribution in [0.25, 0.3) is 0 Å². The Morgan fingerprint density at radius 1 is 0.857 bits per heavy atom. The molecule has 0 saturated carbocycles. The van der Waals surface area contributed by atoms with Crippen molar-refractivity contribution in [3.05, 3.63) is 6.26 Å². The lowest BCUT2D eigenvalue weighted by atomic mass is 12.0. The van der Waals surface area contributed by atoms with E-state index in [-0.39, 0.29) is 0 Å². The lowest BCUT2D eigenvalue weighted by molar-refractivity contribution is 0.383. The summed E-state index contributed by atoms with van der Waals surface area (Å²) in [5.41, 5.74) is 0. The van der Waals surface area contributed by atoms with Crippen LogP contribution in [-0.2, 0) is 0 Å². The Labute approximate surface area is 37.0 Å². The standard InChI is InChI=1S/CH2F5S/c1-7(2,3,4,5)6/h1H2. The smallest absolute Gasteiger partial charge is 0.0978 e. The van der Waals surface area contributed by atoms with Gasteiger partial charge < -0.3 is 0 Å². The molecule has 0 aromatic carbocycles. The van der Waals surface area contributed by atoms with Gasteiger partial charge in [-0.2, -0.15) is 0 Å². The van der Waals surface area contributed by atoms with Crippen LogP contribution in [0.2, 0.25) is 0 Å². The topological polar surface area (TPSA) is 0 Å². The summed E-state index contributed by atoms with van der Waals surface area (Å²) in [6, 6.07) is 0. The van der Waals surface area contributed by atoms with Crippen molar-refractivity contribution in [3.63, 3.8) is 0 Å². The normalized spacial score (nSPS) is 23.1. The van der Waals surface area contributed by atoms with Crippen LogP contribution in [0.5, 0.6) is 0 Å². The molecule has 0 spiro atoms. The summed E-state index contributed by atoms with van der Waals surface area (Å²) >= 11 is 0. The number of halogens is 5. The minimum absolute atomic E-state index is 0.819. The Bertz CT molecular complexity index is 66.6. The first-order chi connectivity index (χ1) is 2.45. The molecule has 1 radical (unpaired) electrons. The number of hydrogen-bond acceptors (Lipinski definition) is 0. The lowest BCUT2D eigenvalue weighted by Gasteiger charge is -2.34. The summed E-state index contributed by atoms with van der Waals surface area (Å²) in [4.78, 5) is 0. The second-order valence-corrected chi connectivity index (χ2v) is 3.39. The molecule has 0 bridgehead atoms. The molecule has 47 valence electrons. The minimum Gasteiger partial charge on any atom is -0.0978 e. The van der Waals surface area contributed by atoms with Crippen LogP contribution in [-0.4, -0.2) is 0 Å². The first kappa shape index (κ1) is 7.00. The Balaban J connectivity index is 4.43. The van der Waals surface area contributed by atoms with Gasteiger partial charge in [-0.1, -0.05) is 19.4 Å². The summed E-state index contributed by atoms with van der Waals surface area (Å²) in [5, 5.41) is 0. The summed E-state index contributed by atoms with van der Waals surface area (Å²) < 4.78 is 52.0. The van der Waals surface area contributed by atoms with Crippen molar-refractivity contribution < 1.29 is 19.4 Å². The molecule has 0 unspecified atom stereocenters. The van der Waals surface area contributed by atoms with Gasteiger partial charge in [-0.05, 0) is 0 Å². The molecule has 0 fully saturated rings. The molecular weight excluding hydrogens is 139 g/mol. The molecule has 0 nitrogen and oxygen atoms in total. The van der Waals surface area contributed by atoms with E-state index in [0.717, 1.165) is 6.26 Å². The molecule has 0 saturated heterocycles. The van der Waals surface area contributed by atoms with Crippen LogP contribution in [0.4, 0.5) is 19.4 Å². The third-order valence-electron chi connectivity index (χ3n) is 0. The van der Waals surface area contributed by atoms with Crippen LogP contribution in [0.1, 0.15) is 0 Å². The minimum atomic E-state index is -9.22. The molecule has 0 aromatic rings. The zero-order valence-electron chi connectivity index (χ0n) is 3.01. The fourth-order valence-electron chi connectivity index (χ4n) is 0. The maximum atomic E-state index is 10.4. The third kappa shape index (κ3) is 31200000000000001530127419694907392. The number of rotatable bonds is 0. The Kier molecular flexibility index (Phi) is 0.667. The average molecular weight is 141 g/mol. The Morgan fingerprint density at radius 3 is 0.857 bits per heavy atom.